The van der Waals surface area contributed by atoms with E-state index in [9.17, 15) is 14.4 Å². The zero-order valence-corrected chi connectivity index (χ0v) is 18.6. The number of nitrogens with one attached hydrogen (secondary N) is 1. The SMILES string of the molecule is CC[C@H](C)c1ccc(C(=O)CN2C(=O)N[C@](C)(CCc3ccc(OC)cc3)C2=O)cc1. The Morgan fingerprint density at radius 2 is 1.74 bits per heavy atom. The van der Waals surface area contributed by atoms with Crippen LogP contribution >= 0.6 is 0 Å². The number of hydrogen-bond acceptors (Lipinski definition) is 4. The average molecular weight is 423 g/mol. The molecule has 1 saturated heterocycles. The Kier molecular flexibility index (Phi) is 6.78. The van der Waals surface area contributed by atoms with Crippen molar-refractivity contribution in [1.82, 2.24) is 10.2 Å². The van der Waals surface area contributed by atoms with Crippen molar-refractivity contribution in [3.8, 4) is 5.75 Å². The van der Waals surface area contributed by atoms with Crippen LogP contribution < -0.4 is 10.1 Å². The number of Topliss-reactive ketones (excluding diaryl/α,β-unsaturated/α-hetero) is 1. The van der Waals surface area contributed by atoms with E-state index < -0.39 is 11.6 Å². The summed E-state index contributed by atoms with van der Waals surface area (Å²) in [6, 6.07) is 14.5. The smallest absolute Gasteiger partial charge is 0.325 e. The van der Waals surface area contributed by atoms with Crippen molar-refractivity contribution >= 4 is 17.7 Å². The molecule has 3 rings (SSSR count). The molecule has 0 bridgehead atoms. The van der Waals surface area contributed by atoms with Crippen molar-refractivity contribution in [2.75, 3.05) is 13.7 Å². The number of carbonyl (C=O) groups excluding carboxylic acids is 3. The van der Waals surface area contributed by atoms with Crippen molar-refractivity contribution in [3.05, 3.63) is 65.2 Å². The fourth-order valence-corrected chi connectivity index (χ4v) is 3.71. The first kappa shape index (κ1) is 22.5. The van der Waals surface area contributed by atoms with Crippen molar-refractivity contribution in [2.24, 2.45) is 0 Å². The van der Waals surface area contributed by atoms with Gasteiger partial charge in [0.05, 0.1) is 13.7 Å². The largest absolute Gasteiger partial charge is 0.497 e. The lowest BCUT2D eigenvalue weighted by atomic mass is 9.93. The van der Waals surface area contributed by atoms with Crippen molar-refractivity contribution in [1.29, 1.82) is 0 Å². The lowest BCUT2D eigenvalue weighted by Gasteiger charge is -2.21. The number of benzene rings is 2. The highest BCUT2D eigenvalue weighted by atomic mass is 16.5. The van der Waals surface area contributed by atoms with Crippen LogP contribution in [0.1, 0.15) is 61.0 Å². The highest BCUT2D eigenvalue weighted by Crippen LogP contribution is 2.25. The van der Waals surface area contributed by atoms with E-state index in [0.717, 1.165) is 22.6 Å². The molecule has 0 aromatic heterocycles. The maximum atomic E-state index is 13.0. The zero-order chi connectivity index (χ0) is 22.6. The number of aryl methyl sites for hydroxylation is 1. The van der Waals surface area contributed by atoms with Crippen molar-refractivity contribution in [3.63, 3.8) is 0 Å². The van der Waals surface area contributed by atoms with Gasteiger partial charge in [-0.2, -0.15) is 0 Å². The molecule has 1 aliphatic rings. The molecule has 164 valence electrons. The van der Waals surface area contributed by atoms with Gasteiger partial charge in [0, 0.05) is 5.56 Å². The number of ether oxygens (including phenoxy) is 1. The van der Waals surface area contributed by atoms with E-state index in [4.69, 9.17) is 4.74 Å². The highest BCUT2D eigenvalue weighted by Gasteiger charge is 2.47. The van der Waals surface area contributed by atoms with Crippen LogP contribution in [-0.2, 0) is 11.2 Å². The minimum Gasteiger partial charge on any atom is -0.497 e. The minimum atomic E-state index is -1.03. The molecule has 31 heavy (non-hydrogen) atoms. The molecule has 0 spiro atoms. The number of amides is 3. The van der Waals surface area contributed by atoms with Gasteiger partial charge in [0.2, 0.25) is 0 Å². The maximum absolute atomic E-state index is 13.0. The molecule has 1 aliphatic heterocycles. The maximum Gasteiger partial charge on any atom is 0.325 e. The molecular formula is C25H30N2O4. The topological polar surface area (TPSA) is 75.7 Å². The van der Waals surface area contributed by atoms with Crippen LogP contribution in [0.3, 0.4) is 0 Å². The lowest BCUT2D eigenvalue weighted by molar-refractivity contribution is -0.130. The Bertz CT molecular complexity index is 952. The van der Waals surface area contributed by atoms with Gasteiger partial charge in [0.15, 0.2) is 5.78 Å². The second-order valence-corrected chi connectivity index (χ2v) is 8.36. The summed E-state index contributed by atoms with van der Waals surface area (Å²) in [4.78, 5) is 39.2. The summed E-state index contributed by atoms with van der Waals surface area (Å²) in [7, 11) is 1.61. The summed E-state index contributed by atoms with van der Waals surface area (Å²) in [5.74, 6) is 0.567. The number of hydrogen-bond donors (Lipinski definition) is 1. The second-order valence-electron chi connectivity index (χ2n) is 8.36. The summed E-state index contributed by atoms with van der Waals surface area (Å²) in [6.45, 7) is 5.71. The van der Waals surface area contributed by atoms with Crippen LogP contribution in [0.25, 0.3) is 0 Å². The molecule has 1 fully saturated rings. The lowest BCUT2D eigenvalue weighted by Crippen LogP contribution is -2.44. The number of methoxy groups -OCH3 is 1. The predicted molar refractivity (Wildman–Crippen MR) is 119 cm³/mol. The van der Waals surface area contributed by atoms with Gasteiger partial charge in [-0.3, -0.25) is 14.5 Å². The number of imide groups is 1. The molecule has 2 atom stereocenters. The van der Waals surface area contributed by atoms with Crippen LogP contribution in [-0.4, -0.2) is 41.8 Å². The fraction of sp³-hybridized carbons (Fsp3) is 0.400. The van der Waals surface area contributed by atoms with E-state index >= 15 is 0 Å². The summed E-state index contributed by atoms with van der Waals surface area (Å²) in [5.41, 5.74) is 1.68. The Labute approximate surface area is 183 Å². The van der Waals surface area contributed by atoms with E-state index in [-0.39, 0.29) is 18.2 Å². The number of rotatable bonds is 9. The van der Waals surface area contributed by atoms with Gasteiger partial charge in [-0.05, 0) is 55.4 Å². The molecule has 3 amide bonds. The molecule has 0 saturated carbocycles. The fourth-order valence-electron chi connectivity index (χ4n) is 3.71. The second kappa shape index (κ2) is 9.33. The third-order valence-corrected chi connectivity index (χ3v) is 6.13. The molecule has 6 nitrogen and oxygen atoms in total. The summed E-state index contributed by atoms with van der Waals surface area (Å²) in [5, 5.41) is 2.77. The van der Waals surface area contributed by atoms with Crippen LogP contribution in [0.2, 0.25) is 0 Å². The van der Waals surface area contributed by atoms with Crippen molar-refractivity contribution in [2.45, 2.75) is 51.5 Å². The third kappa shape index (κ3) is 4.95. The van der Waals surface area contributed by atoms with E-state index in [1.807, 2.05) is 36.4 Å². The van der Waals surface area contributed by atoms with E-state index in [1.165, 1.54) is 5.56 Å². The van der Waals surface area contributed by atoms with Crippen LogP contribution in [0.15, 0.2) is 48.5 Å². The first-order valence-electron chi connectivity index (χ1n) is 10.7. The third-order valence-electron chi connectivity index (χ3n) is 6.13. The summed E-state index contributed by atoms with van der Waals surface area (Å²) < 4.78 is 5.16. The summed E-state index contributed by atoms with van der Waals surface area (Å²) in [6.07, 6.45) is 2.08. The Morgan fingerprint density at radius 3 is 2.32 bits per heavy atom. The van der Waals surface area contributed by atoms with Gasteiger partial charge in [-0.25, -0.2) is 4.79 Å². The number of carbonyl (C=O) groups is 3. The van der Waals surface area contributed by atoms with Gasteiger partial charge >= 0.3 is 6.03 Å². The summed E-state index contributed by atoms with van der Waals surface area (Å²) >= 11 is 0. The molecule has 6 heteroatoms. The zero-order valence-electron chi connectivity index (χ0n) is 18.6. The normalized spacial score (nSPS) is 19.3. The number of urea groups is 1. The predicted octanol–water partition coefficient (Wildman–Crippen LogP) is 4.33. The van der Waals surface area contributed by atoms with Gasteiger partial charge < -0.3 is 10.1 Å². The highest BCUT2D eigenvalue weighted by molar-refractivity contribution is 6.11. The minimum absolute atomic E-state index is 0.251. The molecule has 1 heterocycles. The average Bonchev–Trinajstić information content (AvgIpc) is 3.00. The van der Waals surface area contributed by atoms with E-state index in [2.05, 4.69) is 19.2 Å². The van der Waals surface area contributed by atoms with Crippen LogP contribution in [0.5, 0.6) is 5.75 Å². The monoisotopic (exact) mass is 422 g/mol. The molecule has 1 N–H and O–H groups in total. The van der Waals surface area contributed by atoms with Gasteiger partial charge in [0.25, 0.3) is 5.91 Å². The van der Waals surface area contributed by atoms with Gasteiger partial charge in [0.1, 0.15) is 11.3 Å². The number of nitrogens with zero attached hydrogens (tertiary/aromatic N) is 1. The van der Waals surface area contributed by atoms with Crippen LogP contribution in [0, 0.1) is 0 Å². The van der Waals surface area contributed by atoms with E-state index in [1.54, 1.807) is 26.2 Å². The molecular weight excluding hydrogens is 392 g/mol. The first-order chi connectivity index (χ1) is 14.8. The Morgan fingerprint density at radius 1 is 1.10 bits per heavy atom. The molecule has 0 unspecified atom stereocenters. The Hall–Kier alpha value is -3.15. The quantitative estimate of drug-likeness (QED) is 0.482. The molecule has 2 aromatic carbocycles. The van der Waals surface area contributed by atoms with Gasteiger partial charge in [-0.1, -0.05) is 50.2 Å². The molecule has 0 radical (unpaired) electrons. The molecule has 0 aliphatic carbocycles. The van der Waals surface area contributed by atoms with Crippen molar-refractivity contribution < 1.29 is 19.1 Å². The van der Waals surface area contributed by atoms with Crippen LogP contribution in [0.4, 0.5) is 4.79 Å². The van der Waals surface area contributed by atoms with E-state index in [0.29, 0.717) is 24.3 Å². The number of ketones is 1. The van der Waals surface area contributed by atoms with Gasteiger partial charge in [-0.15, -0.1) is 0 Å². The standard InChI is InChI=1S/C25H30N2O4/c1-5-17(2)19-8-10-20(11-9-19)22(28)16-27-23(29)25(3,26-24(27)30)15-14-18-6-12-21(31-4)13-7-18/h6-13,17H,5,14-16H2,1-4H3,(H,26,30)/t17-,25+/m0/s1. The Balaban J connectivity index is 1.64. The molecule has 2 aromatic rings. The first-order valence-corrected chi connectivity index (χ1v) is 10.7.